The summed E-state index contributed by atoms with van der Waals surface area (Å²) in [6.45, 7) is 3.13. The van der Waals surface area contributed by atoms with Gasteiger partial charge < -0.3 is 15.1 Å². The lowest BCUT2D eigenvalue weighted by molar-refractivity contribution is -0.142. The van der Waals surface area contributed by atoms with Crippen molar-refractivity contribution in [1.82, 2.24) is 0 Å². The number of nitriles is 1. The van der Waals surface area contributed by atoms with Crippen LogP contribution >= 0.6 is 11.8 Å². The highest BCUT2D eigenvalue weighted by Crippen LogP contribution is 2.24. The van der Waals surface area contributed by atoms with Crippen LogP contribution in [0.2, 0.25) is 0 Å². The smallest absolute Gasteiger partial charge is 0.326 e. The van der Waals surface area contributed by atoms with Crippen LogP contribution in [-0.4, -0.2) is 34.7 Å². The van der Waals surface area contributed by atoms with Gasteiger partial charge in [0.25, 0.3) is 0 Å². The summed E-state index contributed by atoms with van der Waals surface area (Å²) in [6.07, 6.45) is 0. The zero-order valence-electron chi connectivity index (χ0n) is 11.7. The topological polar surface area (TPSA) is 102 Å². The first-order valence-electron chi connectivity index (χ1n) is 6.25. The molecule has 7 heteroatoms. The third kappa shape index (κ3) is 4.68. The maximum atomic E-state index is 11.2. The van der Waals surface area contributed by atoms with E-state index in [9.17, 15) is 9.59 Å². The Bertz CT molecular complexity index is 553. The van der Waals surface area contributed by atoms with E-state index in [1.807, 2.05) is 5.40 Å². The molecule has 0 aliphatic carbocycles. The van der Waals surface area contributed by atoms with Crippen molar-refractivity contribution in [2.24, 2.45) is 5.92 Å². The van der Waals surface area contributed by atoms with Gasteiger partial charge in [-0.15, -0.1) is 0 Å². The summed E-state index contributed by atoms with van der Waals surface area (Å²) >= 11 is 1.01. The Morgan fingerprint density at radius 3 is 2.24 bits per heavy atom. The predicted octanol–water partition coefficient (Wildman–Crippen LogP) is 2.26. The highest BCUT2D eigenvalue weighted by molar-refractivity contribution is 8.03. The minimum Gasteiger partial charge on any atom is -0.481 e. The first-order valence-corrected chi connectivity index (χ1v) is 7.06. The molecule has 0 fully saturated rings. The summed E-state index contributed by atoms with van der Waals surface area (Å²) in [5.41, 5.74) is 0.611. The van der Waals surface area contributed by atoms with Crippen molar-refractivity contribution in [1.29, 1.82) is 5.26 Å². The molecule has 0 aliphatic rings. The average Bonchev–Trinajstić information content (AvgIpc) is 2.45. The quantitative estimate of drug-likeness (QED) is 0.588. The molecule has 0 heterocycles. The van der Waals surface area contributed by atoms with Gasteiger partial charge >= 0.3 is 11.9 Å². The van der Waals surface area contributed by atoms with Crippen molar-refractivity contribution in [3.05, 3.63) is 24.3 Å². The van der Waals surface area contributed by atoms with E-state index < -0.39 is 23.9 Å². The van der Waals surface area contributed by atoms with Gasteiger partial charge in [-0.05, 0) is 43.0 Å². The second kappa shape index (κ2) is 7.55. The third-order valence-electron chi connectivity index (χ3n) is 3.05. The zero-order chi connectivity index (χ0) is 16.0. The summed E-state index contributed by atoms with van der Waals surface area (Å²) in [4.78, 5) is 24.5. The van der Waals surface area contributed by atoms with Crippen LogP contribution in [0.4, 0.5) is 5.69 Å². The molecule has 2 unspecified atom stereocenters. The van der Waals surface area contributed by atoms with Crippen LogP contribution in [0.3, 0.4) is 0 Å². The Kier molecular flexibility index (Phi) is 6.06. The summed E-state index contributed by atoms with van der Waals surface area (Å²) < 4.78 is 0. The molecule has 1 rings (SSSR count). The zero-order valence-corrected chi connectivity index (χ0v) is 12.5. The molecular formula is C14H16N2O4S. The second-order valence-electron chi connectivity index (χ2n) is 4.59. The van der Waals surface area contributed by atoms with E-state index in [0.29, 0.717) is 5.69 Å². The molecule has 0 aliphatic heterocycles. The summed E-state index contributed by atoms with van der Waals surface area (Å²) in [7, 11) is 0. The number of thiocyanates is 1. The van der Waals surface area contributed by atoms with Gasteiger partial charge in [0.05, 0.1) is 5.92 Å². The van der Waals surface area contributed by atoms with E-state index in [0.717, 1.165) is 16.7 Å². The van der Waals surface area contributed by atoms with E-state index in [-0.39, 0.29) is 6.54 Å². The standard InChI is InChI=1S/C14H16N2O4S/c1-9(13(17)18)7-16(10(2)14(19)20)11-3-5-12(6-4-11)21-8-15/h3-6,9-10H,7H2,1-2H3,(H,17,18)(H,19,20). The molecule has 0 bridgehead atoms. The van der Waals surface area contributed by atoms with Crippen LogP contribution in [0, 0.1) is 16.6 Å². The van der Waals surface area contributed by atoms with Crippen LogP contribution in [0.1, 0.15) is 13.8 Å². The third-order valence-corrected chi connectivity index (χ3v) is 3.65. The largest absolute Gasteiger partial charge is 0.481 e. The summed E-state index contributed by atoms with van der Waals surface area (Å²) in [5, 5.41) is 28.7. The van der Waals surface area contributed by atoms with Gasteiger partial charge in [0, 0.05) is 17.1 Å². The number of carboxylic acid groups (broad SMARTS) is 2. The molecule has 6 nitrogen and oxygen atoms in total. The Hall–Kier alpha value is -2.20. The number of aliphatic carboxylic acids is 2. The molecule has 0 aromatic heterocycles. The van der Waals surface area contributed by atoms with E-state index in [2.05, 4.69) is 0 Å². The van der Waals surface area contributed by atoms with Crippen LogP contribution < -0.4 is 4.90 Å². The number of carboxylic acids is 2. The number of hydrogen-bond acceptors (Lipinski definition) is 5. The first kappa shape index (κ1) is 16.9. The van der Waals surface area contributed by atoms with Gasteiger partial charge in [-0.25, -0.2) is 4.79 Å². The minimum atomic E-state index is -1.02. The SMILES string of the molecule is CC(CN(c1ccc(SC#N)cc1)C(C)C(=O)O)C(=O)O. The van der Waals surface area contributed by atoms with Crippen molar-refractivity contribution in [3.63, 3.8) is 0 Å². The monoisotopic (exact) mass is 308 g/mol. The lowest BCUT2D eigenvalue weighted by Gasteiger charge is -2.30. The number of thioether (sulfide) groups is 1. The fourth-order valence-corrected chi connectivity index (χ4v) is 2.13. The number of anilines is 1. The van der Waals surface area contributed by atoms with Crippen molar-refractivity contribution >= 4 is 29.4 Å². The van der Waals surface area contributed by atoms with Gasteiger partial charge in [0.2, 0.25) is 0 Å². The molecule has 0 saturated heterocycles. The van der Waals surface area contributed by atoms with Gasteiger partial charge in [-0.1, -0.05) is 6.92 Å². The number of rotatable bonds is 7. The minimum absolute atomic E-state index is 0.0908. The maximum Gasteiger partial charge on any atom is 0.326 e. The lowest BCUT2D eigenvalue weighted by atomic mass is 10.1. The molecule has 0 spiro atoms. The highest BCUT2D eigenvalue weighted by atomic mass is 32.2. The van der Waals surface area contributed by atoms with Crippen molar-refractivity contribution in [3.8, 4) is 5.40 Å². The highest BCUT2D eigenvalue weighted by Gasteiger charge is 2.25. The van der Waals surface area contributed by atoms with E-state index >= 15 is 0 Å². The number of benzene rings is 1. The fourth-order valence-electron chi connectivity index (χ4n) is 1.75. The van der Waals surface area contributed by atoms with E-state index in [1.54, 1.807) is 24.3 Å². The van der Waals surface area contributed by atoms with E-state index in [4.69, 9.17) is 15.5 Å². The molecular weight excluding hydrogens is 292 g/mol. The lowest BCUT2D eigenvalue weighted by Crippen LogP contribution is -2.43. The summed E-state index contributed by atoms with van der Waals surface area (Å²) in [5.74, 6) is -2.70. The van der Waals surface area contributed by atoms with Crippen LogP contribution in [0.15, 0.2) is 29.2 Å². The predicted molar refractivity (Wildman–Crippen MR) is 79.2 cm³/mol. The number of nitrogens with zero attached hydrogens (tertiary/aromatic N) is 2. The molecule has 112 valence electrons. The molecule has 2 N–H and O–H groups in total. The molecule has 0 amide bonds. The molecule has 1 aromatic carbocycles. The molecule has 21 heavy (non-hydrogen) atoms. The maximum absolute atomic E-state index is 11.2. The van der Waals surface area contributed by atoms with Gasteiger partial charge in [0.15, 0.2) is 0 Å². The van der Waals surface area contributed by atoms with E-state index in [1.165, 1.54) is 18.7 Å². The Morgan fingerprint density at radius 1 is 1.24 bits per heavy atom. The normalized spacial score (nSPS) is 13.0. The van der Waals surface area contributed by atoms with Crippen molar-refractivity contribution < 1.29 is 19.8 Å². The fraction of sp³-hybridized carbons (Fsp3) is 0.357. The van der Waals surface area contributed by atoms with Crippen LogP contribution in [0.25, 0.3) is 0 Å². The Balaban J connectivity index is 3.02. The number of hydrogen-bond donors (Lipinski definition) is 2. The van der Waals surface area contributed by atoms with Gasteiger partial charge in [-0.2, -0.15) is 5.26 Å². The first-order chi connectivity index (χ1) is 9.86. The molecule has 2 atom stereocenters. The molecule has 0 radical (unpaired) electrons. The second-order valence-corrected chi connectivity index (χ2v) is 5.45. The van der Waals surface area contributed by atoms with Gasteiger partial charge in [-0.3, -0.25) is 4.79 Å². The number of carbonyl (C=O) groups is 2. The van der Waals surface area contributed by atoms with Crippen LogP contribution in [0.5, 0.6) is 0 Å². The Morgan fingerprint density at radius 2 is 1.81 bits per heavy atom. The molecule has 0 saturated carbocycles. The molecule has 1 aromatic rings. The van der Waals surface area contributed by atoms with Gasteiger partial charge in [0.1, 0.15) is 11.4 Å². The Labute approximate surface area is 127 Å². The van der Waals surface area contributed by atoms with Crippen molar-refractivity contribution in [2.45, 2.75) is 24.8 Å². The summed E-state index contributed by atoms with van der Waals surface area (Å²) in [6, 6.07) is 5.94. The van der Waals surface area contributed by atoms with Crippen LogP contribution in [-0.2, 0) is 9.59 Å². The van der Waals surface area contributed by atoms with Crippen molar-refractivity contribution in [2.75, 3.05) is 11.4 Å². The average molecular weight is 308 g/mol.